The Bertz CT molecular complexity index is 293. The monoisotopic (exact) mass is 209 g/mol. The molecular formula is C11H19N3O. The third kappa shape index (κ3) is 2.13. The van der Waals surface area contributed by atoms with Crippen LogP contribution in [0.4, 0.5) is 0 Å². The van der Waals surface area contributed by atoms with Gasteiger partial charge in [-0.05, 0) is 20.4 Å². The molecule has 0 spiro atoms. The number of carbonyl (C=O) groups excluding carboxylic acids is 1. The summed E-state index contributed by atoms with van der Waals surface area (Å²) in [6, 6.07) is 1.83. The molecule has 1 aliphatic rings. The minimum Gasteiger partial charge on any atom is -0.343 e. The summed E-state index contributed by atoms with van der Waals surface area (Å²) >= 11 is 0. The molecule has 4 nitrogen and oxygen atoms in total. The zero-order valence-corrected chi connectivity index (χ0v) is 9.95. The van der Waals surface area contributed by atoms with E-state index < -0.39 is 0 Å². The maximum absolute atomic E-state index is 11.9. The van der Waals surface area contributed by atoms with Gasteiger partial charge in [-0.15, -0.1) is 0 Å². The van der Waals surface area contributed by atoms with Crippen LogP contribution in [0.5, 0.6) is 0 Å². The summed E-state index contributed by atoms with van der Waals surface area (Å²) in [5.41, 5.74) is -0.0427. The van der Waals surface area contributed by atoms with E-state index in [2.05, 4.69) is 24.8 Å². The van der Waals surface area contributed by atoms with Crippen LogP contribution in [0, 0.1) is 11.3 Å². The smallest absolute Gasteiger partial charge is 0.240 e. The molecule has 1 atom stereocenters. The van der Waals surface area contributed by atoms with Crippen LogP contribution in [0.3, 0.4) is 0 Å². The van der Waals surface area contributed by atoms with Crippen LogP contribution in [0.15, 0.2) is 0 Å². The van der Waals surface area contributed by atoms with E-state index in [0.29, 0.717) is 0 Å². The molecule has 0 N–H and O–H groups in total. The molecule has 0 aromatic heterocycles. The van der Waals surface area contributed by atoms with Crippen LogP contribution < -0.4 is 0 Å². The summed E-state index contributed by atoms with van der Waals surface area (Å²) in [7, 11) is 1.81. The highest BCUT2D eigenvalue weighted by Gasteiger charge is 2.42. The van der Waals surface area contributed by atoms with Gasteiger partial charge >= 0.3 is 0 Å². The van der Waals surface area contributed by atoms with Gasteiger partial charge in [-0.25, -0.2) is 0 Å². The van der Waals surface area contributed by atoms with E-state index in [4.69, 9.17) is 5.26 Å². The van der Waals surface area contributed by atoms with E-state index in [-0.39, 0.29) is 23.9 Å². The quantitative estimate of drug-likeness (QED) is 0.677. The second-order valence-electron chi connectivity index (χ2n) is 4.67. The lowest BCUT2D eigenvalue weighted by atomic mass is 9.93. The van der Waals surface area contributed by atoms with Gasteiger partial charge in [-0.3, -0.25) is 9.69 Å². The largest absolute Gasteiger partial charge is 0.343 e. The molecular weight excluding hydrogens is 190 g/mol. The van der Waals surface area contributed by atoms with Gasteiger partial charge in [-0.2, -0.15) is 5.26 Å². The second kappa shape index (κ2) is 4.19. The Balaban J connectivity index is 2.97. The number of hydrogen-bond acceptors (Lipinski definition) is 3. The lowest BCUT2D eigenvalue weighted by Crippen LogP contribution is -2.65. The van der Waals surface area contributed by atoms with Crippen molar-refractivity contribution in [3.8, 4) is 6.07 Å². The summed E-state index contributed by atoms with van der Waals surface area (Å²) in [6.07, 6.45) is 0.278. The molecule has 1 fully saturated rings. The van der Waals surface area contributed by atoms with Crippen molar-refractivity contribution in [3.63, 3.8) is 0 Å². The van der Waals surface area contributed by atoms with E-state index in [9.17, 15) is 4.79 Å². The molecule has 0 aliphatic carbocycles. The molecule has 1 amide bonds. The molecule has 0 radical (unpaired) electrons. The van der Waals surface area contributed by atoms with Crippen molar-refractivity contribution in [3.05, 3.63) is 0 Å². The lowest BCUT2D eigenvalue weighted by molar-refractivity contribution is -0.147. The van der Waals surface area contributed by atoms with Crippen LogP contribution >= 0.6 is 0 Å². The first-order chi connectivity index (χ1) is 6.94. The highest BCUT2D eigenvalue weighted by atomic mass is 16.2. The maximum Gasteiger partial charge on any atom is 0.240 e. The minimum atomic E-state index is -0.270. The first-order valence-electron chi connectivity index (χ1n) is 5.32. The third-order valence-corrected chi connectivity index (χ3v) is 3.06. The van der Waals surface area contributed by atoms with Crippen LogP contribution in [-0.2, 0) is 4.79 Å². The molecule has 1 unspecified atom stereocenters. The molecule has 4 heteroatoms. The fraction of sp³-hybridized carbons (Fsp3) is 0.818. The van der Waals surface area contributed by atoms with Gasteiger partial charge in [0.1, 0.15) is 6.04 Å². The van der Waals surface area contributed by atoms with Crippen molar-refractivity contribution in [1.29, 1.82) is 5.26 Å². The van der Waals surface area contributed by atoms with Gasteiger partial charge in [0.25, 0.3) is 0 Å². The average molecular weight is 209 g/mol. The molecule has 84 valence electrons. The molecule has 1 heterocycles. The number of likely N-dealkylation sites (N-methyl/N-ethyl adjacent to an activating group) is 2. The second-order valence-corrected chi connectivity index (χ2v) is 4.67. The summed E-state index contributed by atoms with van der Waals surface area (Å²) in [4.78, 5) is 15.8. The SMILES string of the molecule is CCN1C(CC#N)C(=O)N(C)CC1(C)C. The number of nitrogens with zero attached hydrogens (tertiary/aromatic N) is 3. The molecule has 1 saturated heterocycles. The van der Waals surface area contributed by atoms with Crippen molar-refractivity contribution in [2.75, 3.05) is 20.1 Å². The Morgan fingerprint density at radius 3 is 2.67 bits per heavy atom. The minimum absolute atomic E-state index is 0.0427. The fourth-order valence-electron chi connectivity index (χ4n) is 2.49. The molecule has 0 saturated carbocycles. The molecule has 0 aromatic rings. The summed E-state index contributed by atoms with van der Waals surface area (Å²) < 4.78 is 0. The number of nitriles is 1. The summed E-state index contributed by atoms with van der Waals surface area (Å²) in [5.74, 6) is 0.0673. The number of carbonyl (C=O) groups is 1. The van der Waals surface area contributed by atoms with E-state index >= 15 is 0 Å². The topological polar surface area (TPSA) is 47.3 Å². The van der Waals surface area contributed by atoms with Gasteiger partial charge < -0.3 is 4.90 Å². The molecule has 1 rings (SSSR count). The summed E-state index contributed by atoms with van der Waals surface area (Å²) in [6.45, 7) is 7.79. The van der Waals surface area contributed by atoms with Crippen LogP contribution in [-0.4, -0.2) is 47.4 Å². The van der Waals surface area contributed by atoms with Crippen LogP contribution in [0.1, 0.15) is 27.2 Å². The first kappa shape index (κ1) is 12.0. The van der Waals surface area contributed by atoms with E-state index in [1.54, 1.807) is 4.90 Å². The van der Waals surface area contributed by atoms with E-state index in [1.165, 1.54) is 0 Å². The lowest BCUT2D eigenvalue weighted by Gasteiger charge is -2.49. The molecule has 0 aromatic carbocycles. The Morgan fingerprint density at radius 2 is 2.20 bits per heavy atom. The molecule has 1 aliphatic heterocycles. The van der Waals surface area contributed by atoms with Crippen LogP contribution in [0.25, 0.3) is 0 Å². The first-order valence-corrected chi connectivity index (χ1v) is 5.32. The highest BCUT2D eigenvalue weighted by molar-refractivity contribution is 5.83. The van der Waals surface area contributed by atoms with Crippen molar-refractivity contribution < 1.29 is 4.79 Å². The number of hydrogen-bond donors (Lipinski definition) is 0. The molecule has 15 heavy (non-hydrogen) atoms. The summed E-state index contributed by atoms with van der Waals surface area (Å²) in [5, 5.41) is 8.76. The maximum atomic E-state index is 11.9. The fourth-order valence-corrected chi connectivity index (χ4v) is 2.49. The normalized spacial score (nSPS) is 26.5. The number of amides is 1. The van der Waals surface area contributed by atoms with E-state index in [1.807, 2.05) is 14.0 Å². The number of rotatable bonds is 2. The zero-order chi connectivity index (χ0) is 11.6. The van der Waals surface area contributed by atoms with Gasteiger partial charge in [0.2, 0.25) is 5.91 Å². The highest BCUT2D eigenvalue weighted by Crippen LogP contribution is 2.26. The Morgan fingerprint density at radius 1 is 1.60 bits per heavy atom. The van der Waals surface area contributed by atoms with Gasteiger partial charge in [0.15, 0.2) is 0 Å². The number of piperazine rings is 1. The van der Waals surface area contributed by atoms with Crippen molar-refractivity contribution in [2.24, 2.45) is 0 Å². The van der Waals surface area contributed by atoms with Crippen LogP contribution in [0.2, 0.25) is 0 Å². The van der Waals surface area contributed by atoms with E-state index in [0.717, 1.165) is 13.1 Å². The van der Waals surface area contributed by atoms with Crippen molar-refractivity contribution >= 4 is 5.91 Å². The molecule has 0 bridgehead atoms. The average Bonchev–Trinajstić information content (AvgIpc) is 2.13. The van der Waals surface area contributed by atoms with Gasteiger partial charge in [-0.1, -0.05) is 6.92 Å². The van der Waals surface area contributed by atoms with Crippen molar-refractivity contribution in [1.82, 2.24) is 9.80 Å². The Kier molecular flexibility index (Phi) is 3.35. The van der Waals surface area contributed by atoms with Gasteiger partial charge in [0, 0.05) is 19.1 Å². The predicted octanol–water partition coefficient (Wildman–Crippen LogP) is 0.841. The van der Waals surface area contributed by atoms with Gasteiger partial charge in [0.05, 0.1) is 12.5 Å². The Labute approximate surface area is 91.5 Å². The standard InChI is InChI=1S/C11H19N3O/c1-5-14-9(6-7-12)10(15)13(4)8-11(14,2)3/h9H,5-6,8H2,1-4H3. The van der Waals surface area contributed by atoms with Crippen molar-refractivity contribution in [2.45, 2.75) is 38.8 Å². The predicted molar refractivity (Wildman–Crippen MR) is 58.1 cm³/mol. The Hall–Kier alpha value is -1.08. The zero-order valence-electron chi connectivity index (χ0n) is 9.95. The third-order valence-electron chi connectivity index (χ3n) is 3.06.